The molecule has 15 heavy (non-hydrogen) atoms. The van der Waals surface area contributed by atoms with Crippen LogP contribution in [0.25, 0.3) is 0 Å². The van der Waals surface area contributed by atoms with Crippen LogP contribution < -0.4 is 5.32 Å². The van der Waals surface area contributed by atoms with Crippen LogP contribution in [0.1, 0.15) is 45.4 Å². The van der Waals surface area contributed by atoms with E-state index in [0.29, 0.717) is 0 Å². The third-order valence-corrected chi connectivity index (χ3v) is 3.95. The number of likely N-dealkylation sites (tertiary alicyclic amines) is 1. The number of hydrogen-bond acceptors (Lipinski definition) is 2. The first kappa shape index (κ1) is 11.4. The molecule has 0 bridgehead atoms. The van der Waals surface area contributed by atoms with Crippen molar-refractivity contribution in [2.75, 3.05) is 26.2 Å². The van der Waals surface area contributed by atoms with Gasteiger partial charge in [-0.05, 0) is 57.7 Å². The monoisotopic (exact) mass is 210 g/mol. The molecular formula is C13H26N2. The van der Waals surface area contributed by atoms with Crippen molar-refractivity contribution < 1.29 is 0 Å². The van der Waals surface area contributed by atoms with Gasteiger partial charge in [-0.3, -0.25) is 0 Å². The van der Waals surface area contributed by atoms with Gasteiger partial charge in [0.1, 0.15) is 0 Å². The number of rotatable bonds is 3. The summed E-state index contributed by atoms with van der Waals surface area (Å²) in [4.78, 5) is 2.67. The Labute approximate surface area is 94.4 Å². The molecule has 2 atom stereocenters. The first-order valence-electron chi connectivity index (χ1n) is 6.80. The standard InChI is InChI=1S/C13H26N2/c1-12-5-4-9-15(11-12)10-7-13-6-2-3-8-14-13/h12-14H,2-11H2,1H3/t12-,13-/m1/s1. The molecule has 0 unspecified atom stereocenters. The smallest absolute Gasteiger partial charge is 0.00792 e. The van der Waals surface area contributed by atoms with E-state index in [0.717, 1.165) is 12.0 Å². The van der Waals surface area contributed by atoms with E-state index in [2.05, 4.69) is 17.1 Å². The molecule has 0 aromatic carbocycles. The van der Waals surface area contributed by atoms with E-state index in [1.165, 1.54) is 64.7 Å². The molecule has 0 amide bonds. The van der Waals surface area contributed by atoms with E-state index in [4.69, 9.17) is 0 Å². The first-order valence-corrected chi connectivity index (χ1v) is 6.80. The molecule has 88 valence electrons. The van der Waals surface area contributed by atoms with E-state index in [1.54, 1.807) is 0 Å². The molecule has 0 spiro atoms. The van der Waals surface area contributed by atoms with Crippen molar-refractivity contribution in [3.63, 3.8) is 0 Å². The van der Waals surface area contributed by atoms with Gasteiger partial charge in [0.15, 0.2) is 0 Å². The Hall–Kier alpha value is -0.0800. The minimum Gasteiger partial charge on any atom is -0.314 e. The summed E-state index contributed by atoms with van der Waals surface area (Å²) in [5.41, 5.74) is 0. The molecule has 0 aromatic rings. The lowest BCUT2D eigenvalue weighted by Crippen LogP contribution is -2.40. The van der Waals surface area contributed by atoms with Crippen LogP contribution in [0.15, 0.2) is 0 Å². The Kier molecular flexibility index (Phi) is 4.45. The first-order chi connectivity index (χ1) is 7.34. The summed E-state index contributed by atoms with van der Waals surface area (Å²) in [6.07, 6.45) is 8.46. The van der Waals surface area contributed by atoms with Gasteiger partial charge in [-0.15, -0.1) is 0 Å². The maximum atomic E-state index is 3.64. The third-order valence-electron chi connectivity index (χ3n) is 3.95. The minimum atomic E-state index is 0.816. The maximum Gasteiger partial charge on any atom is 0.00792 e. The highest BCUT2D eigenvalue weighted by atomic mass is 15.1. The van der Waals surface area contributed by atoms with E-state index in [9.17, 15) is 0 Å². The van der Waals surface area contributed by atoms with Gasteiger partial charge >= 0.3 is 0 Å². The molecule has 2 nitrogen and oxygen atoms in total. The lowest BCUT2D eigenvalue weighted by atomic mass is 9.98. The zero-order valence-electron chi connectivity index (χ0n) is 10.2. The maximum absolute atomic E-state index is 3.64. The zero-order valence-corrected chi connectivity index (χ0v) is 10.2. The second-order valence-corrected chi connectivity index (χ2v) is 5.48. The van der Waals surface area contributed by atoms with Crippen LogP contribution in [0.4, 0.5) is 0 Å². The Balaban J connectivity index is 1.63. The lowest BCUT2D eigenvalue weighted by Gasteiger charge is -2.32. The average Bonchev–Trinajstić information content (AvgIpc) is 2.28. The summed E-state index contributed by atoms with van der Waals surface area (Å²) in [5, 5.41) is 3.64. The molecule has 1 N–H and O–H groups in total. The van der Waals surface area contributed by atoms with Crippen molar-refractivity contribution in [2.24, 2.45) is 5.92 Å². The number of piperidine rings is 2. The summed E-state index contributed by atoms with van der Waals surface area (Å²) >= 11 is 0. The topological polar surface area (TPSA) is 15.3 Å². The number of nitrogens with zero attached hydrogens (tertiary/aromatic N) is 1. The molecule has 2 heteroatoms. The van der Waals surface area contributed by atoms with Crippen molar-refractivity contribution in [1.29, 1.82) is 0 Å². The van der Waals surface area contributed by atoms with Crippen molar-refractivity contribution in [2.45, 2.75) is 51.5 Å². The summed E-state index contributed by atoms with van der Waals surface area (Å²) in [7, 11) is 0. The minimum absolute atomic E-state index is 0.816. The van der Waals surface area contributed by atoms with Crippen molar-refractivity contribution in [1.82, 2.24) is 10.2 Å². The second-order valence-electron chi connectivity index (χ2n) is 5.48. The largest absolute Gasteiger partial charge is 0.314 e. The molecular weight excluding hydrogens is 184 g/mol. The molecule has 0 saturated carbocycles. The van der Waals surface area contributed by atoms with Crippen molar-refractivity contribution in [3.8, 4) is 0 Å². The Morgan fingerprint density at radius 1 is 1.20 bits per heavy atom. The predicted molar refractivity (Wildman–Crippen MR) is 65.1 cm³/mol. The van der Waals surface area contributed by atoms with Gasteiger partial charge in [0, 0.05) is 12.6 Å². The van der Waals surface area contributed by atoms with Crippen molar-refractivity contribution in [3.05, 3.63) is 0 Å². The van der Waals surface area contributed by atoms with Crippen LogP contribution in [0, 0.1) is 5.92 Å². The highest BCUT2D eigenvalue weighted by molar-refractivity contribution is 4.76. The second kappa shape index (κ2) is 5.86. The fourth-order valence-corrected chi connectivity index (χ4v) is 3.00. The molecule has 2 aliphatic heterocycles. The number of nitrogens with one attached hydrogen (secondary N) is 1. The van der Waals surface area contributed by atoms with Crippen LogP contribution in [-0.2, 0) is 0 Å². The van der Waals surface area contributed by atoms with Gasteiger partial charge in [0.2, 0.25) is 0 Å². The Morgan fingerprint density at radius 2 is 2.13 bits per heavy atom. The van der Waals surface area contributed by atoms with E-state index in [1.807, 2.05) is 0 Å². The fourth-order valence-electron chi connectivity index (χ4n) is 3.00. The lowest BCUT2D eigenvalue weighted by molar-refractivity contribution is 0.172. The van der Waals surface area contributed by atoms with Crippen LogP contribution in [0.2, 0.25) is 0 Å². The summed E-state index contributed by atoms with van der Waals surface area (Å²) < 4.78 is 0. The van der Waals surface area contributed by atoms with Gasteiger partial charge in [-0.2, -0.15) is 0 Å². The highest BCUT2D eigenvalue weighted by Crippen LogP contribution is 2.17. The SMILES string of the molecule is C[C@@H]1CCCN(CC[C@H]2CCCCN2)C1. The normalized spacial score (nSPS) is 34.2. The molecule has 2 fully saturated rings. The van der Waals surface area contributed by atoms with Gasteiger partial charge < -0.3 is 10.2 Å². The number of hydrogen-bond donors (Lipinski definition) is 1. The average molecular weight is 210 g/mol. The summed E-state index contributed by atoms with van der Waals surface area (Å²) in [5.74, 6) is 0.929. The van der Waals surface area contributed by atoms with E-state index >= 15 is 0 Å². The van der Waals surface area contributed by atoms with Crippen molar-refractivity contribution >= 4 is 0 Å². The fraction of sp³-hybridized carbons (Fsp3) is 1.00. The molecule has 0 radical (unpaired) electrons. The van der Waals surface area contributed by atoms with Crippen LogP contribution in [0.3, 0.4) is 0 Å². The van der Waals surface area contributed by atoms with Crippen LogP contribution >= 0.6 is 0 Å². The molecule has 2 heterocycles. The van der Waals surface area contributed by atoms with Crippen LogP contribution in [0.5, 0.6) is 0 Å². The van der Waals surface area contributed by atoms with E-state index < -0.39 is 0 Å². The molecule has 2 rings (SSSR count). The summed E-state index contributed by atoms with van der Waals surface area (Å²) in [6.45, 7) is 7.65. The Morgan fingerprint density at radius 3 is 2.87 bits per heavy atom. The van der Waals surface area contributed by atoms with Gasteiger partial charge in [0.05, 0.1) is 0 Å². The third kappa shape index (κ3) is 3.76. The quantitative estimate of drug-likeness (QED) is 0.768. The zero-order chi connectivity index (χ0) is 10.5. The highest BCUT2D eigenvalue weighted by Gasteiger charge is 2.18. The van der Waals surface area contributed by atoms with Gasteiger partial charge in [0.25, 0.3) is 0 Å². The molecule has 2 saturated heterocycles. The van der Waals surface area contributed by atoms with Crippen LogP contribution in [-0.4, -0.2) is 37.1 Å². The summed E-state index contributed by atoms with van der Waals surface area (Å²) in [6, 6.07) is 0.816. The molecule has 0 aromatic heterocycles. The molecule has 0 aliphatic carbocycles. The van der Waals surface area contributed by atoms with Gasteiger partial charge in [-0.25, -0.2) is 0 Å². The Bertz CT molecular complexity index is 175. The van der Waals surface area contributed by atoms with E-state index in [-0.39, 0.29) is 0 Å². The predicted octanol–water partition coefficient (Wildman–Crippen LogP) is 2.25. The molecule has 2 aliphatic rings. The van der Waals surface area contributed by atoms with Gasteiger partial charge in [-0.1, -0.05) is 13.3 Å².